The molecule has 3 aromatic rings. The molecule has 0 atom stereocenters. The Kier molecular flexibility index (Phi) is 6.40. The number of nitrogens with one attached hydrogen (secondary N) is 1. The first-order chi connectivity index (χ1) is 15.5. The third-order valence-corrected chi connectivity index (χ3v) is 5.43. The van der Waals surface area contributed by atoms with Gasteiger partial charge in [-0.15, -0.1) is 0 Å². The highest BCUT2D eigenvalue weighted by molar-refractivity contribution is 6.34. The van der Waals surface area contributed by atoms with Crippen LogP contribution in [0.4, 0.5) is 17.1 Å². The third-order valence-electron chi connectivity index (χ3n) is 5.10. The van der Waals surface area contributed by atoms with E-state index in [1.54, 1.807) is 36.4 Å². The number of furan rings is 1. The number of aliphatic hydroxyl groups excluding tert-OH is 1. The number of benzene rings is 2. The lowest BCUT2D eigenvalue weighted by molar-refractivity contribution is -0.384. The molecule has 0 unspecified atom stereocenters. The van der Waals surface area contributed by atoms with Crippen molar-refractivity contribution in [2.45, 2.75) is 6.61 Å². The van der Waals surface area contributed by atoms with Crippen molar-refractivity contribution < 1.29 is 24.0 Å². The maximum absolute atomic E-state index is 13.2. The highest BCUT2D eigenvalue weighted by Gasteiger charge is 2.23. The Morgan fingerprint density at radius 2 is 1.94 bits per heavy atom. The number of ether oxygens (including phenoxy) is 1. The topological polar surface area (TPSA) is 118 Å². The van der Waals surface area contributed by atoms with E-state index in [4.69, 9.17) is 20.8 Å². The van der Waals surface area contributed by atoms with E-state index in [9.17, 15) is 20.0 Å². The number of hydrogen-bond donors (Lipinski definition) is 2. The van der Waals surface area contributed by atoms with Crippen LogP contribution in [0.2, 0.25) is 5.02 Å². The number of halogens is 1. The quantitative estimate of drug-likeness (QED) is 0.422. The molecule has 1 fully saturated rings. The van der Waals surface area contributed by atoms with E-state index >= 15 is 0 Å². The van der Waals surface area contributed by atoms with Gasteiger partial charge in [0, 0.05) is 30.8 Å². The highest BCUT2D eigenvalue weighted by atomic mass is 35.5. The molecule has 1 aliphatic heterocycles. The van der Waals surface area contributed by atoms with Crippen LogP contribution in [-0.4, -0.2) is 42.2 Å². The van der Waals surface area contributed by atoms with Gasteiger partial charge in [-0.2, -0.15) is 0 Å². The van der Waals surface area contributed by atoms with Crippen molar-refractivity contribution in [2.24, 2.45) is 0 Å². The lowest BCUT2D eigenvalue weighted by Crippen LogP contribution is -2.37. The fourth-order valence-electron chi connectivity index (χ4n) is 3.48. The molecule has 9 nitrogen and oxygen atoms in total. The minimum absolute atomic E-state index is 0.170. The Hall–Kier alpha value is -3.40. The maximum Gasteiger partial charge on any atom is 0.270 e. The number of rotatable bonds is 6. The summed E-state index contributed by atoms with van der Waals surface area (Å²) < 4.78 is 10.9. The number of nitro groups is 1. The van der Waals surface area contributed by atoms with Gasteiger partial charge in [-0.05, 0) is 36.4 Å². The molecular formula is C22H20ClN3O6. The molecular weight excluding hydrogens is 438 g/mol. The monoisotopic (exact) mass is 457 g/mol. The van der Waals surface area contributed by atoms with Crippen LogP contribution in [0.3, 0.4) is 0 Å². The van der Waals surface area contributed by atoms with Crippen LogP contribution in [-0.2, 0) is 11.3 Å². The van der Waals surface area contributed by atoms with E-state index in [0.29, 0.717) is 59.8 Å². The average Bonchev–Trinajstić information content (AvgIpc) is 3.30. The van der Waals surface area contributed by atoms with E-state index in [-0.39, 0.29) is 17.9 Å². The molecule has 2 N–H and O–H groups in total. The van der Waals surface area contributed by atoms with Crippen LogP contribution in [0.1, 0.15) is 16.1 Å². The standard InChI is InChI=1S/C22H20ClN3O6/c23-18-4-1-14(21-6-3-16(13-27)32-21)11-19(18)24-22(28)17-12-15(26(29)30)2-5-20(17)25-7-9-31-10-8-25/h1-6,11-12,27H,7-10,13H2,(H,24,28). The van der Waals surface area contributed by atoms with Crippen LogP contribution >= 0.6 is 11.6 Å². The van der Waals surface area contributed by atoms with E-state index in [1.165, 1.54) is 12.1 Å². The number of non-ortho nitro benzene ring substituents is 1. The summed E-state index contributed by atoms with van der Waals surface area (Å²) in [6.45, 7) is 1.92. The van der Waals surface area contributed by atoms with Gasteiger partial charge in [-0.25, -0.2) is 0 Å². The van der Waals surface area contributed by atoms with Crippen molar-refractivity contribution in [3.63, 3.8) is 0 Å². The molecule has 4 rings (SSSR count). The molecule has 10 heteroatoms. The van der Waals surface area contributed by atoms with Crippen molar-refractivity contribution in [1.29, 1.82) is 0 Å². The Morgan fingerprint density at radius 1 is 1.16 bits per heavy atom. The second kappa shape index (κ2) is 9.39. The molecule has 0 bridgehead atoms. The molecule has 1 aliphatic rings. The first-order valence-corrected chi connectivity index (χ1v) is 10.3. The first-order valence-electron chi connectivity index (χ1n) is 9.88. The molecule has 0 radical (unpaired) electrons. The Labute approximate surface area is 188 Å². The van der Waals surface area contributed by atoms with Crippen LogP contribution in [0.15, 0.2) is 52.9 Å². The molecule has 2 heterocycles. The minimum Gasteiger partial charge on any atom is -0.459 e. The third kappa shape index (κ3) is 4.59. The zero-order chi connectivity index (χ0) is 22.7. The Morgan fingerprint density at radius 3 is 2.62 bits per heavy atom. The van der Waals surface area contributed by atoms with Gasteiger partial charge >= 0.3 is 0 Å². The highest BCUT2D eigenvalue weighted by Crippen LogP contribution is 2.32. The fraction of sp³-hybridized carbons (Fsp3) is 0.227. The summed E-state index contributed by atoms with van der Waals surface area (Å²) in [7, 11) is 0. The first kappa shape index (κ1) is 21.8. The smallest absolute Gasteiger partial charge is 0.270 e. The van der Waals surface area contributed by atoms with Crippen LogP contribution in [0.5, 0.6) is 0 Å². The molecule has 0 aliphatic carbocycles. The predicted molar refractivity (Wildman–Crippen MR) is 119 cm³/mol. The van der Waals surface area contributed by atoms with Gasteiger partial charge in [0.05, 0.1) is 40.1 Å². The number of carbonyl (C=O) groups is 1. The molecule has 0 spiro atoms. The predicted octanol–water partition coefficient (Wildman–Crippen LogP) is 4.09. The zero-order valence-corrected chi connectivity index (χ0v) is 17.7. The van der Waals surface area contributed by atoms with Gasteiger partial charge in [0.1, 0.15) is 18.1 Å². The number of aliphatic hydroxyl groups is 1. The van der Waals surface area contributed by atoms with Gasteiger partial charge in [0.2, 0.25) is 0 Å². The summed E-state index contributed by atoms with van der Waals surface area (Å²) in [4.78, 5) is 25.9. The van der Waals surface area contributed by atoms with Crippen molar-refractivity contribution in [1.82, 2.24) is 0 Å². The molecule has 0 saturated carbocycles. The van der Waals surface area contributed by atoms with E-state index in [1.807, 2.05) is 4.90 Å². The van der Waals surface area contributed by atoms with Crippen LogP contribution in [0.25, 0.3) is 11.3 Å². The molecule has 1 saturated heterocycles. The molecule has 32 heavy (non-hydrogen) atoms. The molecule has 1 amide bonds. The van der Waals surface area contributed by atoms with Crippen molar-refractivity contribution in [2.75, 3.05) is 36.5 Å². The second-order valence-electron chi connectivity index (χ2n) is 7.13. The number of morpholine rings is 1. The van der Waals surface area contributed by atoms with Gasteiger partial charge in [0.25, 0.3) is 11.6 Å². The number of nitro benzene ring substituents is 1. The molecule has 1 aromatic heterocycles. The minimum atomic E-state index is -0.539. The summed E-state index contributed by atoms with van der Waals surface area (Å²) in [5.74, 6) is 0.391. The average molecular weight is 458 g/mol. The lowest BCUT2D eigenvalue weighted by Gasteiger charge is -2.30. The van der Waals surface area contributed by atoms with Gasteiger partial charge < -0.3 is 24.5 Å². The Bertz CT molecular complexity index is 1160. The number of nitrogens with zero attached hydrogens (tertiary/aromatic N) is 2. The summed E-state index contributed by atoms with van der Waals surface area (Å²) in [5.41, 5.74) is 1.55. The summed E-state index contributed by atoms with van der Waals surface area (Å²) in [6.07, 6.45) is 0. The van der Waals surface area contributed by atoms with E-state index in [2.05, 4.69) is 5.32 Å². The van der Waals surface area contributed by atoms with E-state index < -0.39 is 10.8 Å². The fourth-order valence-corrected chi connectivity index (χ4v) is 3.65. The van der Waals surface area contributed by atoms with Gasteiger partial charge in [-0.3, -0.25) is 14.9 Å². The Balaban J connectivity index is 1.66. The number of hydrogen-bond acceptors (Lipinski definition) is 7. The van der Waals surface area contributed by atoms with E-state index in [0.717, 1.165) is 0 Å². The summed E-state index contributed by atoms with van der Waals surface area (Å²) >= 11 is 6.30. The maximum atomic E-state index is 13.2. The number of carbonyl (C=O) groups excluding carboxylic acids is 1. The van der Waals surface area contributed by atoms with Crippen molar-refractivity contribution >= 4 is 34.6 Å². The van der Waals surface area contributed by atoms with Gasteiger partial charge in [-0.1, -0.05) is 11.6 Å². The zero-order valence-electron chi connectivity index (χ0n) is 16.9. The lowest BCUT2D eigenvalue weighted by atomic mass is 10.1. The van der Waals surface area contributed by atoms with Crippen LogP contribution in [0, 0.1) is 10.1 Å². The number of amides is 1. The largest absolute Gasteiger partial charge is 0.459 e. The van der Waals surface area contributed by atoms with Gasteiger partial charge in [0.15, 0.2) is 0 Å². The van der Waals surface area contributed by atoms with Crippen molar-refractivity contribution in [3.05, 3.63) is 75.0 Å². The summed E-state index contributed by atoms with van der Waals surface area (Å²) in [5, 5.41) is 23.6. The van der Waals surface area contributed by atoms with Crippen LogP contribution < -0.4 is 10.2 Å². The SMILES string of the molecule is O=C(Nc1cc(-c2ccc(CO)o2)ccc1Cl)c1cc([N+](=O)[O-])ccc1N1CCOCC1. The van der Waals surface area contributed by atoms with Crippen molar-refractivity contribution in [3.8, 4) is 11.3 Å². The molecule has 2 aromatic carbocycles. The normalized spacial score (nSPS) is 13.8. The number of anilines is 2. The summed E-state index contributed by atoms with van der Waals surface area (Å²) in [6, 6.07) is 12.6. The molecule has 166 valence electrons. The second-order valence-corrected chi connectivity index (χ2v) is 7.54.